The van der Waals surface area contributed by atoms with Crippen LogP contribution in [0.3, 0.4) is 0 Å². The number of carbonyl (C=O) groups is 2. The van der Waals surface area contributed by atoms with Crippen LogP contribution in [-0.2, 0) is 15.3 Å². The minimum Gasteiger partial charge on any atom is -0.444 e. The summed E-state index contributed by atoms with van der Waals surface area (Å²) in [4.78, 5) is 35.9. The average molecular weight is 541 g/mol. The van der Waals surface area contributed by atoms with Gasteiger partial charge in [0.2, 0.25) is 5.91 Å². The van der Waals surface area contributed by atoms with E-state index in [2.05, 4.69) is 40.4 Å². The number of para-hydroxylation sites is 2. The molecule has 1 saturated heterocycles. The van der Waals surface area contributed by atoms with Crippen LogP contribution in [0.15, 0.2) is 52.5 Å². The Balaban J connectivity index is 1.19. The molecule has 0 atom stereocenters. The van der Waals surface area contributed by atoms with Crippen LogP contribution in [0.1, 0.15) is 44.7 Å². The molecule has 0 aliphatic carbocycles. The monoisotopic (exact) mass is 540 g/mol. The molecule has 1 aliphatic rings. The van der Waals surface area contributed by atoms with E-state index in [-0.39, 0.29) is 17.9 Å². The normalized spacial score (nSPS) is 14.6. The Morgan fingerprint density at radius 2 is 1.86 bits per heavy atom. The fourth-order valence-corrected chi connectivity index (χ4v) is 6.14. The minimum absolute atomic E-state index is 0.0518. The lowest BCUT2D eigenvalue weighted by molar-refractivity contribution is -0.126. The van der Waals surface area contributed by atoms with Crippen molar-refractivity contribution in [1.29, 1.82) is 0 Å². The first-order valence-corrected chi connectivity index (χ1v) is 14.7. The van der Waals surface area contributed by atoms with Crippen LogP contribution < -0.4 is 5.32 Å². The Hall–Kier alpha value is -2.65. The Kier molecular flexibility index (Phi) is 9.08. The molecule has 2 heterocycles. The third kappa shape index (κ3) is 7.68. The number of rotatable bonds is 8. The molecule has 0 saturated carbocycles. The number of carbonyl (C=O) groups excluding carboxylic acids is 2. The fourth-order valence-electron chi connectivity index (χ4n) is 4.25. The summed E-state index contributed by atoms with van der Waals surface area (Å²) in [6, 6.07) is 14.5. The topological polar surface area (TPSA) is 87.3 Å². The summed E-state index contributed by atoms with van der Waals surface area (Å²) in [5, 5.41) is 4.02. The van der Waals surface area contributed by atoms with Crippen LogP contribution in [-0.4, -0.2) is 57.9 Å². The zero-order chi connectivity index (χ0) is 26.4. The highest BCUT2D eigenvalue weighted by Crippen LogP contribution is 2.29. The second kappa shape index (κ2) is 12.3. The van der Waals surface area contributed by atoms with Gasteiger partial charge in [-0.1, -0.05) is 36.0 Å². The molecule has 198 valence electrons. The van der Waals surface area contributed by atoms with Gasteiger partial charge in [-0.2, -0.15) is 0 Å². The van der Waals surface area contributed by atoms with Crippen LogP contribution in [0, 0.1) is 12.8 Å². The van der Waals surface area contributed by atoms with Gasteiger partial charge in [0.15, 0.2) is 5.16 Å². The Morgan fingerprint density at radius 1 is 1.11 bits per heavy atom. The third-order valence-corrected chi connectivity index (χ3v) is 8.39. The van der Waals surface area contributed by atoms with Crippen LogP contribution in [0.25, 0.3) is 11.0 Å². The molecule has 2 aromatic carbocycles. The number of aromatic nitrogens is 2. The van der Waals surface area contributed by atoms with Crippen molar-refractivity contribution in [2.75, 3.05) is 25.4 Å². The number of aromatic amines is 1. The maximum atomic E-state index is 12.7. The Bertz CT molecular complexity index is 1200. The smallest absolute Gasteiger partial charge is 0.410 e. The van der Waals surface area contributed by atoms with E-state index in [0.717, 1.165) is 27.7 Å². The summed E-state index contributed by atoms with van der Waals surface area (Å²) in [5.41, 5.74) is 4.10. The maximum absolute atomic E-state index is 12.7. The van der Waals surface area contributed by atoms with Gasteiger partial charge in [-0.25, -0.2) is 9.78 Å². The Morgan fingerprint density at radius 3 is 2.59 bits per heavy atom. The predicted molar refractivity (Wildman–Crippen MR) is 151 cm³/mol. The zero-order valence-corrected chi connectivity index (χ0v) is 23.6. The van der Waals surface area contributed by atoms with Crippen LogP contribution >= 0.6 is 23.5 Å². The number of fused-ring (bicyclic) bond motifs is 1. The molecule has 0 unspecified atom stereocenters. The van der Waals surface area contributed by atoms with Crippen molar-refractivity contribution in [1.82, 2.24) is 20.2 Å². The average Bonchev–Trinajstić information content (AvgIpc) is 3.29. The lowest BCUT2D eigenvalue weighted by Crippen LogP contribution is -2.45. The summed E-state index contributed by atoms with van der Waals surface area (Å²) < 4.78 is 5.44. The molecule has 9 heteroatoms. The molecule has 7 nitrogen and oxygen atoms in total. The van der Waals surface area contributed by atoms with Gasteiger partial charge in [-0.05, 0) is 69.9 Å². The number of ether oxygens (including phenoxy) is 1. The standard InChI is InChI=1S/C28H36N4O3S2/c1-19-21(18-37-26-30-22-9-5-6-10-23(22)31-26)8-7-11-24(19)36-17-14-29-25(33)20-12-15-32(16-13-20)27(34)35-28(2,3)4/h5-11,20H,12-18H2,1-4H3,(H,29,33)(H,30,31). The van der Waals surface area contributed by atoms with Crippen LogP contribution in [0.2, 0.25) is 0 Å². The minimum atomic E-state index is -0.506. The van der Waals surface area contributed by atoms with Crippen molar-refractivity contribution >= 4 is 46.6 Å². The van der Waals surface area contributed by atoms with Gasteiger partial charge in [0, 0.05) is 42.0 Å². The summed E-state index contributed by atoms with van der Waals surface area (Å²) >= 11 is 3.48. The second-order valence-corrected chi connectivity index (χ2v) is 12.4. The van der Waals surface area contributed by atoms with Crippen LogP contribution in [0.4, 0.5) is 4.79 Å². The van der Waals surface area contributed by atoms with E-state index >= 15 is 0 Å². The summed E-state index contributed by atoms with van der Waals surface area (Å²) in [6.07, 6.45) is 1.04. The molecule has 0 bridgehead atoms. The molecule has 1 aromatic heterocycles. The van der Waals surface area contributed by atoms with Gasteiger partial charge >= 0.3 is 6.09 Å². The second-order valence-electron chi connectivity index (χ2n) is 10.3. The van der Waals surface area contributed by atoms with Gasteiger partial charge < -0.3 is 19.9 Å². The van der Waals surface area contributed by atoms with Crippen molar-refractivity contribution in [2.45, 2.75) is 61.9 Å². The summed E-state index contributed by atoms with van der Waals surface area (Å²) in [6.45, 7) is 9.48. The molecule has 1 aliphatic heterocycles. The number of nitrogens with one attached hydrogen (secondary N) is 2. The number of nitrogens with zero attached hydrogens (tertiary/aromatic N) is 2. The lowest BCUT2D eigenvalue weighted by atomic mass is 9.96. The van der Waals surface area contributed by atoms with E-state index in [4.69, 9.17) is 4.74 Å². The maximum Gasteiger partial charge on any atom is 0.410 e. The lowest BCUT2D eigenvalue weighted by Gasteiger charge is -2.32. The first-order valence-electron chi connectivity index (χ1n) is 12.7. The zero-order valence-electron chi connectivity index (χ0n) is 22.0. The molecule has 4 rings (SSSR count). The van der Waals surface area contributed by atoms with Crippen molar-refractivity contribution in [3.63, 3.8) is 0 Å². The number of H-pyrrole nitrogens is 1. The molecular weight excluding hydrogens is 504 g/mol. The number of benzene rings is 2. The molecule has 2 amide bonds. The van der Waals surface area contributed by atoms with E-state index in [9.17, 15) is 9.59 Å². The van der Waals surface area contributed by atoms with Crippen molar-refractivity contribution in [3.8, 4) is 0 Å². The van der Waals surface area contributed by atoms with E-state index in [0.29, 0.717) is 32.5 Å². The highest BCUT2D eigenvalue weighted by Gasteiger charge is 2.29. The molecule has 0 radical (unpaired) electrons. The van der Waals surface area contributed by atoms with Gasteiger partial charge in [0.25, 0.3) is 0 Å². The first kappa shape index (κ1) is 27.4. The van der Waals surface area contributed by atoms with Crippen molar-refractivity contribution in [3.05, 3.63) is 53.6 Å². The first-order chi connectivity index (χ1) is 17.7. The van der Waals surface area contributed by atoms with Gasteiger partial charge in [-0.3, -0.25) is 4.79 Å². The van der Waals surface area contributed by atoms with Gasteiger partial charge in [0.05, 0.1) is 11.0 Å². The number of imidazole rings is 1. The summed E-state index contributed by atoms with van der Waals surface area (Å²) in [5.74, 6) is 1.68. The third-order valence-electron chi connectivity index (χ3n) is 6.30. The fraction of sp³-hybridized carbons (Fsp3) is 0.464. The molecule has 0 spiro atoms. The largest absolute Gasteiger partial charge is 0.444 e. The number of piperidine rings is 1. The Labute approximate surface area is 227 Å². The number of hydrogen-bond donors (Lipinski definition) is 2. The number of likely N-dealkylation sites (tertiary alicyclic amines) is 1. The number of thioether (sulfide) groups is 2. The van der Waals surface area contributed by atoms with Crippen LogP contribution in [0.5, 0.6) is 0 Å². The van der Waals surface area contributed by atoms with E-state index in [1.807, 2.05) is 45.0 Å². The molecule has 37 heavy (non-hydrogen) atoms. The van der Waals surface area contributed by atoms with Gasteiger partial charge in [-0.15, -0.1) is 11.8 Å². The molecule has 2 N–H and O–H groups in total. The highest BCUT2D eigenvalue weighted by molar-refractivity contribution is 7.99. The van der Waals surface area contributed by atoms with E-state index in [1.165, 1.54) is 16.0 Å². The van der Waals surface area contributed by atoms with Crippen molar-refractivity contribution in [2.24, 2.45) is 5.92 Å². The number of hydrogen-bond acceptors (Lipinski definition) is 6. The quantitative estimate of drug-likeness (QED) is 0.268. The molecular formula is C28H36N4O3S2. The molecule has 1 fully saturated rings. The van der Waals surface area contributed by atoms with E-state index in [1.54, 1.807) is 28.4 Å². The summed E-state index contributed by atoms with van der Waals surface area (Å²) in [7, 11) is 0. The highest BCUT2D eigenvalue weighted by atomic mass is 32.2. The molecule has 3 aromatic rings. The van der Waals surface area contributed by atoms with Crippen molar-refractivity contribution < 1.29 is 14.3 Å². The predicted octanol–water partition coefficient (Wildman–Crippen LogP) is 6.02. The van der Waals surface area contributed by atoms with E-state index < -0.39 is 5.60 Å². The number of amides is 2. The SMILES string of the molecule is Cc1c(CSc2nc3ccccc3[nH]2)cccc1SCCNC(=O)C1CCN(C(=O)OC(C)(C)C)CC1. The van der Waals surface area contributed by atoms with Gasteiger partial charge in [0.1, 0.15) is 5.60 Å².